The van der Waals surface area contributed by atoms with Crippen LogP contribution in [0.3, 0.4) is 0 Å². The molecule has 0 radical (unpaired) electrons. The lowest BCUT2D eigenvalue weighted by Gasteiger charge is -2.08. The van der Waals surface area contributed by atoms with Gasteiger partial charge >= 0.3 is 0 Å². The maximum atomic E-state index is 12.6. The molecular weight excluding hydrogens is 372 g/mol. The summed E-state index contributed by atoms with van der Waals surface area (Å²) in [5, 5.41) is 15.7. The summed E-state index contributed by atoms with van der Waals surface area (Å²) in [5.41, 5.74) is 7.05. The van der Waals surface area contributed by atoms with E-state index >= 15 is 0 Å². The Balaban J connectivity index is 2.11. The minimum absolute atomic E-state index is 0.0942. The molecule has 4 rings (SSSR count). The number of fused-ring (bicyclic) bond motifs is 3. The number of H-pyrrole nitrogens is 1. The molecule has 4 aromatic rings. The number of halogens is 1. The second-order valence-corrected chi connectivity index (χ2v) is 6.27. The fourth-order valence-electron chi connectivity index (χ4n) is 3.02. The Morgan fingerprint density at radius 1 is 1.22 bits per heavy atom. The minimum atomic E-state index is -0.426. The van der Waals surface area contributed by atoms with Crippen molar-refractivity contribution >= 4 is 39.2 Å². The first-order valence-corrected chi connectivity index (χ1v) is 8.27. The molecule has 27 heavy (non-hydrogen) atoms. The van der Waals surface area contributed by atoms with Gasteiger partial charge in [-0.25, -0.2) is 4.68 Å². The van der Waals surface area contributed by atoms with Crippen molar-refractivity contribution in [3.05, 3.63) is 45.7 Å². The maximum absolute atomic E-state index is 12.6. The number of nitrogens with zero attached hydrogens (tertiary/aromatic N) is 2. The molecule has 8 nitrogen and oxygen atoms in total. The van der Waals surface area contributed by atoms with E-state index in [1.807, 2.05) is 0 Å². The molecule has 9 heteroatoms. The number of rotatable bonds is 3. The highest BCUT2D eigenvalue weighted by Crippen LogP contribution is 2.35. The van der Waals surface area contributed by atoms with Crippen LogP contribution in [0.2, 0.25) is 5.02 Å². The Morgan fingerprint density at radius 2 is 2.00 bits per heavy atom. The molecular formula is C18H15ClN4O4. The molecule has 0 aliphatic carbocycles. The smallest absolute Gasteiger partial charge is 0.261 e. The van der Waals surface area contributed by atoms with Crippen molar-refractivity contribution in [3.8, 4) is 22.9 Å². The number of nitrogens with two attached hydrogens (primary N) is 1. The average Bonchev–Trinajstić information content (AvgIpc) is 3.00. The largest absolute Gasteiger partial charge is 0.504 e. The van der Waals surface area contributed by atoms with Gasteiger partial charge in [-0.3, -0.25) is 4.79 Å². The average molecular weight is 387 g/mol. The third-order valence-electron chi connectivity index (χ3n) is 4.35. The number of benzene rings is 2. The van der Waals surface area contributed by atoms with Gasteiger partial charge in [0.25, 0.3) is 5.56 Å². The summed E-state index contributed by atoms with van der Waals surface area (Å²) in [4.78, 5) is 15.3. The van der Waals surface area contributed by atoms with E-state index in [-0.39, 0.29) is 22.7 Å². The van der Waals surface area contributed by atoms with Gasteiger partial charge in [0, 0.05) is 17.5 Å². The number of hydrogen-bond donors (Lipinski definition) is 3. The molecule has 0 unspecified atom stereocenters. The Bertz CT molecular complexity index is 1260. The number of nitrogen functional groups attached to an aromatic ring is 1. The molecule has 0 saturated carbocycles. The van der Waals surface area contributed by atoms with Gasteiger partial charge in [-0.05, 0) is 18.2 Å². The highest BCUT2D eigenvalue weighted by molar-refractivity contribution is 6.32. The van der Waals surface area contributed by atoms with Crippen molar-refractivity contribution < 1.29 is 14.6 Å². The van der Waals surface area contributed by atoms with E-state index in [1.54, 1.807) is 24.3 Å². The fourth-order valence-corrected chi connectivity index (χ4v) is 3.22. The SMILES string of the molecule is COc1ccc(Cl)c(-n2nc3c(c2N)c(=O)[nH]c2cc(O)c(OC)cc23)c1. The number of phenols is 1. The van der Waals surface area contributed by atoms with Gasteiger partial charge in [0.2, 0.25) is 0 Å². The number of ether oxygens (including phenoxy) is 2. The van der Waals surface area contributed by atoms with Crippen molar-refractivity contribution in [1.29, 1.82) is 0 Å². The Kier molecular flexibility index (Phi) is 3.85. The first kappa shape index (κ1) is 17.0. The van der Waals surface area contributed by atoms with Gasteiger partial charge in [-0.15, -0.1) is 0 Å². The Labute approximate surface area is 157 Å². The number of anilines is 1. The molecule has 4 N–H and O–H groups in total. The van der Waals surface area contributed by atoms with Gasteiger partial charge in [-0.2, -0.15) is 5.10 Å². The minimum Gasteiger partial charge on any atom is -0.504 e. The summed E-state index contributed by atoms with van der Waals surface area (Å²) < 4.78 is 11.8. The number of hydrogen-bond acceptors (Lipinski definition) is 6. The molecule has 0 fully saturated rings. The Morgan fingerprint density at radius 3 is 2.70 bits per heavy atom. The quantitative estimate of drug-likeness (QED) is 0.498. The van der Waals surface area contributed by atoms with E-state index < -0.39 is 5.56 Å². The standard InChI is InChI=1S/C18H15ClN4O4/c1-26-8-3-4-10(19)12(5-8)23-17(20)15-16(22-23)9-6-14(27-2)13(24)7-11(9)21-18(15)25/h3-7,24H,20H2,1-2H3,(H,21,25). The van der Waals surface area contributed by atoms with Gasteiger partial charge in [0.05, 0.1) is 30.4 Å². The van der Waals surface area contributed by atoms with Gasteiger partial charge in [0.1, 0.15) is 22.5 Å². The second-order valence-electron chi connectivity index (χ2n) is 5.86. The van der Waals surface area contributed by atoms with E-state index in [1.165, 1.54) is 25.0 Å². The van der Waals surface area contributed by atoms with Crippen LogP contribution in [-0.2, 0) is 0 Å². The van der Waals surface area contributed by atoms with E-state index in [0.717, 1.165) is 0 Å². The third kappa shape index (κ3) is 2.53. The number of nitrogens with one attached hydrogen (secondary N) is 1. The fraction of sp³-hybridized carbons (Fsp3) is 0.111. The lowest BCUT2D eigenvalue weighted by Crippen LogP contribution is -2.08. The molecule has 0 spiro atoms. The molecule has 2 aromatic heterocycles. The van der Waals surface area contributed by atoms with Crippen LogP contribution in [0.15, 0.2) is 35.1 Å². The molecule has 2 aromatic carbocycles. The molecule has 0 bridgehead atoms. The second kappa shape index (κ2) is 6.10. The maximum Gasteiger partial charge on any atom is 0.261 e. The Hall–Kier alpha value is -3.39. The van der Waals surface area contributed by atoms with Crippen molar-refractivity contribution in [1.82, 2.24) is 14.8 Å². The van der Waals surface area contributed by atoms with Crippen LogP contribution in [0.4, 0.5) is 5.82 Å². The molecule has 0 saturated heterocycles. The van der Waals surface area contributed by atoms with E-state index in [2.05, 4.69) is 10.1 Å². The molecule has 138 valence electrons. The lowest BCUT2D eigenvalue weighted by molar-refractivity contribution is 0.374. The number of methoxy groups -OCH3 is 2. The number of aromatic nitrogens is 3. The van der Waals surface area contributed by atoms with Crippen LogP contribution in [0.1, 0.15) is 0 Å². The molecule has 0 aliphatic heterocycles. The van der Waals surface area contributed by atoms with Crippen LogP contribution in [0.25, 0.3) is 27.5 Å². The van der Waals surface area contributed by atoms with Crippen LogP contribution in [0, 0.1) is 0 Å². The van der Waals surface area contributed by atoms with Crippen molar-refractivity contribution in [2.45, 2.75) is 0 Å². The van der Waals surface area contributed by atoms with Gasteiger partial charge in [0.15, 0.2) is 11.5 Å². The summed E-state index contributed by atoms with van der Waals surface area (Å²) in [6.45, 7) is 0. The molecule has 0 amide bonds. The predicted molar refractivity (Wildman–Crippen MR) is 103 cm³/mol. The monoisotopic (exact) mass is 386 g/mol. The lowest BCUT2D eigenvalue weighted by atomic mass is 10.1. The normalized spacial score (nSPS) is 11.2. The van der Waals surface area contributed by atoms with Gasteiger partial charge < -0.3 is 25.3 Å². The highest BCUT2D eigenvalue weighted by Gasteiger charge is 2.19. The van der Waals surface area contributed by atoms with Crippen LogP contribution in [-0.4, -0.2) is 34.1 Å². The summed E-state index contributed by atoms with van der Waals surface area (Å²) in [6.07, 6.45) is 0. The number of aromatic hydroxyl groups is 1. The topological polar surface area (TPSA) is 115 Å². The number of aromatic amines is 1. The number of phenolic OH excluding ortho intramolecular Hbond substituents is 1. The van der Waals surface area contributed by atoms with Crippen LogP contribution < -0.4 is 20.8 Å². The molecule has 2 heterocycles. The summed E-state index contributed by atoms with van der Waals surface area (Å²) in [5.74, 6) is 0.862. The highest BCUT2D eigenvalue weighted by atomic mass is 35.5. The van der Waals surface area contributed by atoms with Gasteiger partial charge in [-0.1, -0.05) is 11.6 Å². The van der Waals surface area contributed by atoms with Crippen molar-refractivity contribution in [2.75, 3.05) is 20.0 Å². The van der Waals surface area contributed by atoms with Crippen molar-refractivity contribution in [3.63, 3.8) is 0 Å². The first-order valence-electron chi connectivity index (χ1n) is 7.89. The zero-order chi connectivity index (χ0) is 19.3. The summed E-state index contributed by atoms with van der Waals surface area (Å²) in [7, 11) is 2.97. The third-order valence-corrected chi connectivity index (χ3v) is 4.67. The predicted octanol–water partition coefficient (Wildman–Crippen LogP) is 2.83. The van der Waals surface area contributed by atoms with Crippen molar-refractivity contribution in [2.24, 2.45) is 0 Å². The van der Waals surface area contributed by atoms with Crippen LogP contribution in [0.5, 0.6) is 17.2 Å². The molecule has 0 aliphatic rings. The molecule has 0 atom stereocenters. The van der Waals surface area contributed by atoms with E-state index in [9.17, 15) is 9.90 Å². The van der Waals surface area contributed by atoms with E-state index in [4.69, 9.17) is 26.8 Å². The summed E-state index contributed by atoms with van der Waals surface area (Å²) in [6, 6.07) is 8.04. The first-order chi connectivity index (χ1) is 12.9. The summed E-state index contributed by atoms with van der Waals surface area (Å²) >= 11 is 6.30. The zero-order valence-electron chi connectivity index (χ0n) is 14.4. The van der Waals surface area contributed by atoms with E-state index in [0.29, 0.717) is 32.9 Å². The zero-order valence-corrected chi connectivity index (χ0v) is 15.2. The number of pyridine rings is 1. The van der Waals surface area contributed by atoms with Crippen LogP contribution >= 0.6 is 11.6 Å².